The van der Waals surface area contributed by atoms with Crippen molar-refractivity contribution in [1.82, 2.24) is 9.62 Å². The maximum absolute atomic E-state index is 13.2. The molecule has 1 saturated heterocycles. The van der Waals surface area contributed by atoms with Gasteiger partial charge in [0.25, 0.3) is 0 Å². The summed E-state index contributed by atoms with van der Waals surface area (Å²) in [6, 6.07) is 12.6. The summed E-state index contributed by atoms with van der Waals surface area (Å²) < 4.78 is 39.9. The Morgan fingerprint density at radius 2 is 1.88 bits per heavy atom. The molecule has 2 atom stereocenters. The first kappa shape index (κ1) is 23.7. The number of carbonyl (C=O) groups excluding carboxylic acids is 1. The van der Waals surface area contributed by atoms with Gasteiger partial charge in [-0.15, -0.1) is 0 Å². The molecule has 178 valence electrons. The van der Waals surface area contributed by atoms with Crippen LogP contribution in [0.5, 0.6) is 5.75 Å². The lowest BCUT2D eigenvalue weighted by Gasteiger charge is -2.35. The molecule has 0 unspecified atom stereocenters. The molecule has 0 bridgehead atoms. The number of ether oxygens (including phenoxy) is 2. The van der Waals surface area contributed by atoms with Crippen LogP contribution < -0.4 is 14.4 Å². The van der Waals surface area contributed by atoms with E-state index in [2.05, 4.69) is 9.62 Å². The quantitative estimate of drug-likeness (QED) is 0.664. The normalized spacial score (nSPS) is 19.8. The molecule has 1 fully saturated rings. The topological polar surface area (TPSA) is 88.2 Å². The molecule has 9 heteroatoms. The zero-order chi connectivity index (χ0) is 23.6. The van der Waals surface area contributed by atoms with Gasteiger partial charge in [0.2, 0.25) is 15.9 Å². The molecule has 4 rings (SSSR count). The predicted molar refractivity (Wildman–Crippen MR) is 126 cm³/mol. The molecule has 1 N–H and O–H groups in total. The second-order valence-electron chi connectivity index (χ2n) is 8.52. The Hall–Kier alpha value is -2.46. The summed E-state index contributed by atoms with van der Waals surface area (Å²) in [4.78, 5) is 16.2. The number of nitrogens with one attached hydrogen (secondary N) is 1. The zero-order valence-electron chi connectivity index (χ0n) is 19.3. The predicted octanol–water partition coefficient (Wildman–Crippen LogP) is 2.34. The Kier molecular flexibility index (Phi) is 7.04. The van der Waals surface area contributed by atoms with Crippen LogP contribution >= 0.6 is 0 Å². The van der Waals surface area contributed by atoms with E-state index < -0.39 is 10.0 Å². The first-order valence-electron chi connectivity index (χ1n) is 11.2. The van der Waals surface area contributed by atoms with Crippen LogP contribution in [0, 0.1) is 0 Å². The van der Waals surface area contributed by atoms with Crippen LogP contribution in [0.15, 0.2) is 47.4 Å². The molecule has 2 heterocycles. The van der Waals surface area contributed by atoms with Crippen molar-refractivity contribution in [1.29, 1.82) is 0 Å². The Bertz CT molecular complexity index is 1100. The number of fused-ring (bicyclic) bond motifs is 1. The molecule has 0 saturated carbocycles. The smallest absolute Gasteiger partial charge is 0.240 e. The fraction of sp³-hybridized carbons (Fsp3) is 0.458. The highest BCUT2D eigenvalue weighted by atomic mass is 32.2. The third-order valence-electron chi connectivity index (χ3n) is 6.37. The molecule has 0 spiro atoms. The van der Waals surface area contributed by atoms with Gasteiger partial charge in [0.15, 0.2) is 0 Å². The fourth-order valence-electron chi connectivity index (χ4n) is 4.70. The molecular formula is C24H31N3O5S. The molecule has 0 radical (unpaired) electrons. The van der Waals surface area contributed by atoms with Crippen molar-refractivity contribution in [3.05, 3.63) is 53.6 Å². The van der Waals surface area contributed by atoms with Crippen LogP contribution in [0.1, 0.15) is 31.0 Å². The molecule has 0 aromatic heterocycles. The summed E-state index contributed by atoms with van der Waals surface area (Å²) in [7, 11) is -2.11. The molecule has 1 amide bonds. The second-order valence-corrected chi connectivity index (χ2v) is 10.3. The molecular weight excluding hydrogens is 442 g/mol. The van der Waals surface area contributed by atoms with Crippen molar-refractivity contribution in [3.63, 3.8) is 0 Å². The number of methoxy groups -OCH3 is 1. The number of morpholine rings is 1. The Labute approximate surface area is 195 Å². The van der Waals surface area contributed by atoms with Crippen LogP contribution in [-0.2, 0) is 26.0 Å². The maximum Gasteiger partial charge on any atom is 0.240 e. The summed E-state index contributed by atoms with van der Waals surface area (Å²) in [6.07, 6.45) is 0.639. The number of benzene rings is 2. The number of hydrogen-bond acceptors (Lipinski definition) is 6. The Balaban J connectivity index is 1.54. The molecule has 0 aliphatic carbocycles. The minimum absolute atomic E-state index is 0.0178. The van der Waals surface area contributed by atoms with Crippen LogP contribution in [0.2, 0.25) is 0 Å². The van der Waals surface area contributed by atoms with Gasteiger partial charge >= 0.3 is 0 Å². The molecule has 33 heavy (non-hydrogen) atoms. The lowest BCUT2D eigenvalue weighted by atomic mass is 10.0. The molecule has 2 aromatic rings. The number of hydrogen-bond donors (Lipinski definition) is 1. The Morgan fingerprint density at radius 1 is 1.18 bits per heavy atom. The Morgan fingerprint density at radius 3 is 2.52 bits per heavy atom. The lowest BCUT2D eigenvalue weighted by Crippen LogP contribution is -2.43. The summed E-state index contributed by atoms with van der Waals surface area (Å²) in [6.45, 7) is 6.44. The third-order valence-corrected chi connectivity index (χ3v) is 7.79. The van der Waals surface area contributed by atoms with Crippen molar-refractivity contribution in [2.75, 3.05) is 44.9 Å². The van der Waals surface area contributed by atoms with Crippen molar-refractivity contribution in [2.24, 2.45) is 0 Å². The fourth-order valence-corrected chi connectivity index (χ4v) is 5.79. The minimum Gasteiger partial charge on any atom is -0.497 e. The van der Waals surface area contributed by atoms with E-state index >= 15 is 0 Å². The minimum atomic E-state index is -3.73. The second kappa shape index (κ2) is 9.80. The summed E-state index contributed by atoms with van der Waals surface area (Å²) in [5.41, 5.74) is 2.68. The monoisotopic (exact) mass is 473 g/mol. The van der Waals surface area contributed by atoms with Crippen molar-refractivity contribution >= 4 is 21.6 Å². The van der Waals surface area contributed by atoms with Gasteiger partial charge in [0.05, 0.1) is 25.2 Å². The van der Waals surface area contributed by atoms with Crippen molar-refractivity contribution < 1.29 is 22.7 Å². The van der Waals surface area contributed by atoms with Gasteiger partial charge < -0.3 is 14.4 Å². The van der Waals surface area contributed by atoms with Gasteiger partial charge in [-0.25, -0.2) is 13.1 Å². The summed E-state index contributed by atoms with van der Waals surface area (Å²) in [5.74, 6) is 0.717. The number of nitrogens with zero attached hydrogens (tertiary/aromatic N) is 2. The van der Waals surface area contributed by atoms with Crippen LogP contribution in [-0.4, -0.2) is 65.2 Å². The highest BCUT2D eigenvalue weighted by molar-refractivity contribution is 7.89. The van der Waals surface area contributed by atoms with E-state index in [0.29, 0.717) is 19.6 Å². The largest absolute Gasteiger partial charge is 0.497 e. The van der Waals surface area contributed by atoms with Crippen LogP contribution in [0.3, 0.4) is 0 Å². The average molecular weight is 474 g/mol. The zero-order valence-corrected chi connectivity index (χ0v) is 20.1. The van der Waals surface area contributed by atoms with Crippen LogP contribution in [0.4, 0.5) is 5.69 Å². The standard InChI is InChI=1S/C24H31N3O5S/c1-17-14-20-15-22(8-9-23(20)27(17)18(2)28)33(29,30)25-16-24(26-10-12-32-13-11-26)19-4-6-21(31-3)7-5-19/h4-9,15,17,24-25H,10-14,16H2,1-3H3/t17-,24+/m0/s1. The van der Waals surface area contributed by atoms with E-state index in [0.717, 1.165) is 35.7 Å². The number of carbonyl (C=O) groups is 1. The highest BCUT2D eigenvalue weighted by Crippen LogP contribution is 2.34. The van der Waals surface area contributed by atoms with E-state index in [1.54, 1.807) is 30.2 Å². The number of anilines is 1. The van der Waals surface area contributed by atoms with Gasteiger partial charge in [-0.05, 0) is 54.8 Å². The van der Waals surface area contributed by atoms with Crippen LogP contribution in [0.25, 0.3) is 0 Å². The number of amides is 1. The van der Waals surface area contributed by atoms with E-state index in [9.17, 15) is 13.2 Å². The molecule has 2 aliphatic heterocycles. The van der Waals surface area contributed by atoms with Crippen molar-refractivity contribution in [2.45, 2.75) is 37.2 Å². The van der Waals surface area contributed by atoms with Gasteiger partial charge in [-0.3, -0.25) is 9.69 Å². The van der Waals surface area contributed by atoms with Crippen molar-refractivity contribution in [3.8, 4) is 5.75 Å². The third kappa shape index (κ3) is 5.06. The van der Waals surface area contributed by atoms with E-state index in [-0.39, 0.29) is 29.4 Å². The SMILES string of the molecule is COc1ccc([C@@H](CNS(=O)(=O)c2ccc3c(c2)C[C@H](C)N3C(C)=O)N2CCOCC2)cc1. The number of sulfonamides is 1. The van der Waals surface area contributed by atoms with Gasteiger partial charge in [0, 0.05) is 44.3 Å². The van der Waals surface area contributed by atoms with E-state index in [4.69, 9.17) is 9.47 Å². The summed E-state index contributed by atoms with van der Waals surface area (Å²) >= 11 is 0. The van der Waals surface area contributed by atoms with Gasteiger partial charge in [0.1, 0.15) is 5.75 Å². The van der Waals surface area contributed by atoms with Gasteiger partial charge in [-0.2, -0.15) is 0 Å². The van der Waals surface area contributed by atoms with E-state index in [1.807, 2.05) is 31.2 Å². The first-order chi connectivity index (χ1) is 15.8. The average Bonchev–Trinajstić information content (AvgIpc) is 3.15. The highest BCUT2D eigenvalue weighted by Gasteiger charge is 2.31. The van der Waals surface area contributed by atoms with Gasteiger partial charge in [-0.1, -0.05) is 12.1 Å². The number of rotatable bonds is 7. The molecule has 2 aliphatic rings. The van der Waals surface area contributed by atoms with E-state index in [1.165, 1.54) is 6.92 Å². The first-order valence-corrected chi connectivity index (χ1v) is 12.7. The molecule has 8 nitrogen and oxygen atoms in total. The maximum atomic E-state index is 13.2. The lowest BCUT2D eigenvalue weighted by molar-refractivity contribution is -0.116. The summed E-state index contributed by atoms with van der Waals surface area (Å²) in [5, 5.41) is 0. The molecule has 2 aromatic carbocycles.